The number of hydrazone groups is 1. The van der Waals surface area contributed by atoms with Gasteiger partial charge >= 0.3 is 0 Å². The van der Waals surface area contributed by atoms with E-state index in [9.17, 15) is 9.18 Å². The molecule has 0 aromatic heterocycles. The Hall–Kier alpha value is -4.60. The average molecular weight is 506 g/mol. The summed E-state index contributed by atoms with van der Waals surface area (Å²) >= 11 is 0. The number of nitrogens with zero attached hydrogens (tertiary/aromatic N) is 2. The number of hydrogen-bond acceptors (Lipinski definition) is 8. The molecule has 9 nitrogen and oxygen atoms in total. The van der Waals surface area contributed by atoms with Crippen LogP contribution in [-0.4, -0.2) is 44.9 Å². The summed E-state index contributed by atoms with van der Waals surface area (Å²) in [5, 5.41) is 8.38. The first-order valence-electron chi connectivity index (χ1n) is 11.5. The molecule has 0 fully saturated rings. The number of fused-ring (bicyclic) bond motifs is 1. The second kappa shape index (κ2) is 10.6. The lowest BCUT2D eigenvalue weighted by Crippen LogP contribution is -2.18. The standard InChI is InChI=1S/C27H24FN3O6/c1-33-23-20(12-19-13-22(31-37-19)16-8-10-18(28)11-9-16)21(24(34-2)26-25(23)35-15-36-26)14-29-30-27(32)17-6-4-3-5-7-17/h3-11,14,19H,12-13,15H2,1-2H3,(H,30,32)/b29-14+. The van der Waals surface area contributed by atoms with Crippen molar-refractivity contribution in [2.24, 2.45) is 10.3 Å². The van der Waals surface area contributed by atoms with Gasteiger partial charge < -0.3 is 23.8 Å². The minimum absolute atomic E-state index is 0.00455. The van der Waals surface area contributed by atoms with E-state index in [0.29, 0.717) is 58.2 Å². The van der Waals surface area contributed by atoms with Crippen LogP contribution in [0.2, 0.25) is 0 Å². The molecule has 0 saturated heterocycles. The summed E-state index contributed by atoms with van der Waals surface area (Å²) < 4.78 is 36.0. The Balaban J connectivity index is 1.44. The Morgan fingerprint density at radius 3 is 2.49 bits per heavy atom. The van der Waals surface area contributed by atoms with Crippen molar-refractivity contribution in [3.63, 3.8) is 0 Å². The molecule has 0 spiro atoms. The molecule has 0 aliphatic carbocycles. The van der Waals surface area contributed by atoms with Crippen LogP contribution in [0, 0.1) is 5.82 Å². The molecule has 1 amide bonds. The molecule has 0 bridgehead atoms. The third-order valence-corrected chi connectivity index (χ3v) is 6.02. The lowest BCUT2D eigenvalue weighted by atomic mass is 9.95. The Morgan fingerprint density at radius 1 is 1.08 bits per heavy atom. The van der Waals surface area contributed by atoms with Crippen LogP contribution < -0.4 is 24.4 Å². The van der Waals surface area contributed by atoms with Crippen molar-refractivity contribution < 1.29 is 33.0 Å². The van der Waals surface area contributed by atoms with Crippen LogP contribution in [0.4, 0.5) is 4.39 Å². The van der Waals surface area contributed by atoms with Gasteiger partial charge in [-0.15, -0.1) is 0 Å². The molecule has 2 aliphatic rings. The van der Waals surface area contributed by atoms with Crippen molar-refractivity contribution in [3.05, 3.63) is 82.7 Å². The third-order valence-electron chi connectivity index (χ3n) is 6.02. The molecule has 0 radical (unpaired) electrons. The predicted octanol–water partition coefficient (Wildman–Crippen LogP) is 4.07. The molecule has 2 aliphatic heterocycles. The van der Waals surface area contributed by atoms with Gasteiger partial charge in [0.2, 0.25) is 18.3 Å². The highest BCUT2D eigenvalue weighted by molar-refractivity contribution is 6.01. The van der Waals surface area contributed by atoms with E-state index >= 15 is 0 Å². The summed E-state index contributed by atoms with van der Waals surface area (Å²) in [6.07, 6.45) is 1.99. The van der Waals surface area contributed by atoms with Gasteiger partial charge in [-0.05, 0) is 29.8 Å². The normalized spacial score (nSPS) is 15.9. The van der Waals surface area contributed by atoms with E-state index in [-0.39, 0.29) is 24.6 Å². The highest BCUT2D eigenvalue weighted by atomic mass is 19.1. The first-order valence-corrected chi connectivity index (χ1v) is 11.5. The van der Waals surface area contributed by atoms with Gasteiger partial charge in [-0.2, -0.15) is 5.10 Å². The first-order chi connectivity index (χ1) is 18.1. The predicted molar refractivity (Wildman–Crippen MR) is 133 cm³/mol. The van der Waals surface area contributed by atoms with Crippen molar-refractivity contribution in [3.8, 4) is 23.0 Å². The number of methoxy groups -OCH3 is 2. The molecule has 0 saturated carbocycles. The zero-order valence-electron chi connectivity index (χ0n) is 20.2. The van der Waals surface area contributed by atoms with Gasteiger partial charge in [0, 0.05) is 29.5 Å². The number of carbonyl (C=O) groups is 1. The number of carbonyl (C=O) groups excluding carboxylic acids is 1. The zero-order chi connectivity index (χ0) is 25.8. The summed E-state index contributed by atoms with van der Waals surface area (Å²) in [4.78, 5) is 18.2. The quantitative estimate of drug-likeness (QED) is 0.366. The van der Waals surface area contributed by atoms with Crippen LogP contribution >= 0.6 is 0 Å². The number of ether oxygens (including phenoxy) is 4. The van der Waals surface area contributed by atoms with Gasteiger partial charge in [-0.25, -0.2) is 9.82 Å². The minimum atomic E-state index is -0.360. The Bertz CT molecular complexity index is 1360. The van der Waals surface area contributed by atoms with E-state index < -0.39 is 0 Å². The summed E-state index contributed by atoms with van der Waals surface area (Å²) in [5.41, 5.74) is 5.72. The third kappa shape index (κ3) is 4.90. The van der Waals surface area contributed by atoms with Gasteiger partial charge in [0.25, 0.3) is 5.91 Å². The first kappa shape index (κ1) is 24.1. The maximum atomic E-state index is 13.3. The lowest BCUT2D eigenvalue weighted by Gasteiger charge is -2.19. The average Bonchev–Trinajstić information content (AvgIpc) is 3.60. The van der Waals surface area contributed by atoms with Gasteiger partial charge in [-0.3, -0.25) is 4.79 Å². The second-order valence-corrected chi connectivity index (χ2v) is 8.27. The molecule has 1 unspecified atom stereocenters. The fraction of sp³-hybridized carbons (Fsp3) is 0.222. The van der Waals surface area contributed by atoms with Crippen molar-refractivity contribution in [2.45, 2.75) is 18.9 Å². The molecule has 190 valence electrons. The smallest absolute Gasteiger partial charge is 0.271 e. The largest absolute Gasteiger partial charge is 0.492 e. The van der Waals surface area contributed by atoms with Crippen molar-refractivity contribution >= 4 is 17.8 Å². The molecule has 1 atom stereocenters. The molecule has 10 heteroatoms. The molecule has 1 N–H and O–H groups in total. The zero-order valence-corrected chi connectivity index (χ0v) is 20.2. The lowest BCUT2D eigenvalue weighted by molar-refractivity contribution is 0.0853. The number of benzene rings is 3. The van der Waals surface area contributed by atoms with E-state index in [1.54, 1.807) is 36.4 Å². The number of rotatable bonds is 8. The number of nitrogens with one attached hydrogen (secondary N) is 1. The van der Waals surface area contributed by atoms with Gasteiger partial charge in [0.05, 0.1) is 26.1 Å². The van der Waals surface area contributed by atoms with Gasteiger partial charge in [0.1, 0.15) is 11.9 Å². The highest BCUT2D eigenvalue weighted by Gasteiger charge is 2.33. The number of amides is 1. The Kier molecular flexibility index (Phi) is 6.89. The van der Waals surface area contributed by atoms with E-state index in [4.69, 9.17) is 23.8 Å². The molecule has 37 heavy (non-hydrogen) atoms. The minimum Gasteiger partial charge on any atom is -0.492 e. The molecule has 3 aromatic rings. The molecule has 2 heterocycles. The van der Waals surface area contributed by atoms with E-state index in [1.807, 2.05) is 6.07 Å². The van der Waals surface area contributed by atoms with Crippen LogP contribution in [0.15, 0.2) is 64.9 Å². The fourth-order valence-corrected chi connectivity index (χ4v) is 4.28. The molecule has 3 aromatic carbocycles. The van der Waals surface area contributed by atoms with E-state index in [1.165, 1.54) is 32.6 Å². The molecular formula is C27H24FN3O6. The van der Waals surface area contributed by atoms with Crippen LogP contribution in [0.25, 0.3) is 0 Å². The molecular weight excluding hydrogens is 481 g/mol. The van der Waals surface area contributed by atoms with Crippen molar-refractivity contribution in [1.29, 1.82) is 0 Å². The van der Waals surface area contributed by atoms with Gasteiger partial charge in [-0.1, -0.05) is 35.5 Å². The SMILES string of the molecule is COc1c(/C=N/NC(=O)c2ccccc2)c(CC2CC(c3ccc(F)cc3)=NO2)c(OC)c2c1OCO2. The molecule has 5 rings (SSSR count). The number of oxime groups is 1. The van der Waals surface area contributed by atoms with Crippen molar-refractivity contribution in [1.82, 2.24) is 5.43 Å². The van der Waals surface area contributed by atoms with Crippen LogP contribution in [0.3, 0.4) is 0 Å². The Labute approximate surface area is 212 Å². The van der Waals surface area contributed by atoms with Crippen LogP contribution in [-0.2, 0) is 11.3 Å². The summed E-state index contributed by atoms with van der Waals surface area (Å²) in [6, 6.07) is 14.8. The second-order valence-electron chi connectivity index (χ2n) is 8.27. The topological polar surface area (TPSA) is 100.0 Å². The summed E-state index contributed by atoms with van der Waals surface area (Å²) in [6.45, 7) is 0.00455. The van der Waals surface area contributed by atoms with Crippen molar-refractivity contribution in [2.75, 3.05) is 21.0 Å². The van der Waals surface area contributed by atoms with E-state index in [2.05, 4.69) is 15.7 Å². The summed E-state index contributed by atoms with van der Waals surface area (Å²) in [5.74, 6) is 0.954. The number of halogens is 1. The van der Waals surface area contributed by atoms with E-state index in [0.717, 1.165) is 5.56 Å². The Morgan fingerprint density at radius 2 is 1.78 bits per heavy atom. The number of hydrogen-bond donors (Lipinski definition) is 1. The van der Waals surface area contributed by atoms with Crippen LogP contribution in [0.1, 0.15) is 33.5 Å². The summed E-state index contributed by atoms with van der Waals surface area (Å²) in [7, 11) is 3.04. The highest BCUT2D eigenvalue weighted by Crippen LogP contribution is 2.52. The fourth-order valence-electron chi connectivity index (χ4n) is 4.28. The van der Waals surface area contributed by atoms with Gasteiger partial charge in [0.15, 0.2) is 11.5 Å². The maximum absolute atomic E-state index is 13.3. The van der Waals surface area contributed by atoms with Crippen LogP contribution in [0.5, 0.6) is 23.0 Å². The maximum Gasteiger partial charge on any atom is 0.271 e. The monoisotopic (exact) mass is 505 g/mol.